The van der Waals surface area contributed by atoms with Gasteiger partial charge in [0.15, 0.2) is 0 Å². The number of fused-ring (bicyclic) bond motifs is 1. The highest BCUT2D eigenvalue weighted by Gasteiger charge is 2.29. The molecule has 1 N–H and O–H groups in total. The van der Waals surface area contributed by atoms with Crippen molar-refractivity contribution in [1.82, 2.24) is 24.3 Å². The zero-order valence-electron chi connectivity index (χ0n) is 24.1. The van der Waals surface area contributed by atoms with Crippen molar-refractivity contribution in [3.63, 3.8) is 0 Å². The van der Waals surface area contributed by atoms with Crippen LogP contribution in [0.4, 0.5) is 10.5 Å². The number of aromatic nitrogens is 3. The molecule has 0 saturated carbocycles. The average molecular weight is 626 g/mol. The maximum Gasteiger partial charge on any atom is 0.410 e. The Bertz CT molecular complexity index is 1690. The summed E-state index contributed by atoms with van der Waals surface area (Å²) in [4.78, 5) is 50.0. The summed E-state index contributed by atoms with van der Waals surface area (Å²) in [6.45, 7) is 7.11. The lowest BCUT2D eigenvalue weighted by Gasteiger charge is -2.35. The lowest BCUT2D eigenvalue weighted by Crippen LogP contribution is -2.51. The van der Waals surface area contributed by atoms with Crippen molar-refractivity contribution < 1.29 is 23.9 Å². The molecule has 0 unspecified atom stereocenters. The van der Waals surface area contributed by atoms with Gasteiger partial charge >= 0.3 is 12.1 Å². The van der Waals surface area contributed by atoms with E-state index in [1.54, 1.807) is 34.1 Å². The Balaban J connectivity index is 1.22. The molecular weight excluding hydrogens is 595 g/mol. The van der Waals surface area contributed by atoms with Gasteiger partial charge in [-0.1, -0.05) is 23.2 Å². The first-order valence-corrected chi connectivity index (χ1v) is 14.3. The molecule has 0 bridgehead atoms. The molecule has 1 fully saturated rings. The summed E-state index contributed by atoms with van der Waals surface area (Å²) in [6.07, 6.45) is 2.49. The molecule has 0 atom stereocenters. The number of carbonyl (C=O) groups is 3. The van der Waals surface area contributed by atoms with Gasteiger partial charge in [-0.15, -0.1) is 0 Å². The highest BCUT2D eigenvalue weighted by Crippen LogP contribution is 2.28. The Morgan fingerprint density at radius 2 is 1.56 bits per heavy atom. The van der Waals surface area contributed by atoms with Gasteiger partial charge < -0.3 is 29.2 Å². The number of rotatable bonds is 5. The molecule has 11 nitrogen and oxygen atoms in total. The summed E-state index contributed by atoms with van der Waals surface area (Å²) < 4.78 is 13.1. The third-order valence-corrected chi connectivity index (χ3v) is 7.47. The van der Waals surface area contributed by atoms with Crippen molar-refractivity contribution in [1.29, 1.82) is 0 Å². The fourth-order valence-corrected chi connectivity index (χ4v) is 4.85. The van der Waals surface area contributed by atoms with Crippen molar-refractivity contribution in [2.75, 3.05) is 31.5 Å². The molecule has 0 radical (unpaired) electrons. The minimum Gasteiger partial charge on any atom is -0.444 e. The van der Waals surface area contributed by atoms with Gasteiger partial charge in [0.05, 0.1) is 28.1 Å². The topological polar surface area (TPSA) is 119 Å². The van der Waals surface area contributed by atoms with E-state index < -0.39 is 5.60 Å². The molecule has 4 aromatic rings. The SMILES string of the molecule is Cn1c(C(=O)N2CCN(C(=O)OC(C)(C)C)CC2)cc2cc(Oc3ncc(NC(=O)c4ccc(Cl)c(Cl)c4)cn3)ccc21. The Labute approximate surface area is 258 Å². The third kappa shape index (κ3) is 7.00. The van der Waals surface area contributed by atoms with Gasteiger partial charge in [-0.3, -0.25) is 9.59 Å². The molecule has 3 amide bonds. The Hall–Kier alpha value is -4.35. The normalized spacial score (nSPS) is 13.6. The zero-order chi connectivity index (χ0) is 30.9. The number of aryl methyl sites for hydroxylation is 1. The number of ether oxygens (including phenoxy) is 2. The van der Waals surface area contributed by atoms with Crippen LogP contribution in [0.3, 0.4) is 0 Å². The second-order valence-corrected chi connectivity index (χ2v) is 11.8. The van der Waals surface area contributed by atoms with Crippen LogP contribution in [0.1, 0.15) is 41.6 Å². The van der Waals surface area contributed by atoms with Crippen LogP contribution in [0.25, 0.3) is 10.9 Å². The number of nitrogens with zero attached hydrogens (tertiary/aromatic N) is 5. The molecule has 5 rings (SSSR count). The molecule has 1 aliphatic rings. The Morgan fingerprint density at radius 3 is 2.21 bits per heavy atom. The smallest absolute Gasteiger partial charge is 0.410 e. The summed E-state index contributed by atoms with van der Waals surface area (Å²) in [7, 11) is 1.83. The molecule has 1 aliphatic heterocycles. The molecule has 224 valence electrons. The van der Waals surface area contributed by atoms with E-state index in [1.165, 1.54) is 18.5 Å². The van der Waals surface area contributed by atoms with E-state index in [9.17, 15) is 14.4 Å². The second kappa shape index (κ2) is 12.1. The van der Waals surface area contributed by atoms with Crippen LogP contribution in [0.15, 0.2) is 54.9 Å². The minimum atomic E-state index is -0.572. The number of hydrogen-bond acceptors (Lipinski definition) is 7. The van der Waals surface area contributed by atoms with E-state index in [-0.39, 0.29) is 28.9 Å². The Morgan fingerprint density at radius 1 is 0.884 bits per heavy atom. The van der Waals surface area contributed by atoms with Crippen LogP contribution >= 0.6 is 23.2 Å². The van der Waals surface area contributed by atoms with Crippen molar-refractivity contribution in [3.8, 4) is 11.8 Å². The first-order chi connectivity index (χ1) is 20.4. The number of hydrogen-bond donors (Lipinski definition) is 1. The number of halogens is 2. The summed E-state index contributed by atoms with van der Waals surface area (Å²) in [5.41, 5.74) is 1.52. The number of benzene rings is 2. The monoisotopic (exact) mass is 624 g/mol. The van der Waals surface area contributed by atoms with E-state index in [0.29, 0.717) is 53.9 Å². The first kappa shape index (κ1) is 30.1. The zero-order valence-corrected chi connectivity index (χ0v) is 25.6. The van der Waals surface area contributed by atoms with E-state index in [4.69, 9.17) is 32.7 Å². The lowest BCUT2D eigenvalue weighted by molar-refractivity contribution is 0.0139. The molecule has 2 aromatic carbocycles. The van der Waals surface area contributed by atoms with Gasteiger partial charge in [-0.05, 0) is 63.2 Å². The van der Waals surface area contributed by atoms with Crippen LogP contribution in [0.2, 0.25) is 10.0 Å². The van der Waals surface area contributed by atoms with Gasteiger partial charge in [0, 0.05) is 49.7 Å². The van der Waals surface area contributed by atoms with Crippen molar-refractivity contribution in [3.05, 3.63) is 76.2 Å². The summed E-state index contributed by atoms with van der Waals surface area (Å²) >= 11 is 11.9. The lowest BCUT2D eigenvalue weighted by atomic mass is 10.2. The summed E-state index contributed by atoms with van der Waals surface area (Å²) in [6, 6.07) is 11.9. The van der Waals surface area contributed by atoms with Crippen LogP contribution in [-0.2, 0) is 11.8 Å². The van der Waals surface area contributed by atoms with Gasteiger partial charge in [0.2, 0.25) is 0 Å². The first-order valence-electron chi connectivity index (χ1n) is 13.5. The van der Waals surface area contributed by atoms with E-state index >= 15 is 0 Å². The predicted octanol–water partition coefficient (Wildman–Crippen LogP) is 6.01. The van der Waals surface area contributed by atoms with Crippen LogP contribution in [0, 0.1) is 0 Å². The van der Waals surface area contributed by atoms with Crippen molar-refractivity contribution in [2.45, 2.75) is 26.4 Å². The highest BCUT2D eigenvalue weighted by atomic mass is 35.5. The minimum absolute atomic E-state index is 0.0852. The predicted molar refractivity (Wildman–Crippen MR) is 163 cm³/mol. The fraction of sp³-hybridized carbons (Fsp3) is 0.300. The standard InChI is InChI=1S/C30H30Cl2N6O5/c1-30(2,3)43-29(41)38-11-9-37(10-12-38)27(40)25-15-19-13-21(6-8-24(19)36(25)4)42-28-33-16-20(17-34-28)35-26(39)18-5-7-22(31)23(32)14-18/h5-8,13-17H,9-12H2,1-4H3,(H,35,39). The largest absolute Gasteiger partial charge is 0.444 e. The molecule has 0 spiro atoms. The van der Waals surface area contributed by atoms with Crippen LogP contribution in [-0.4, -0.2) is 74.0 Å². The maximum absolute atomic E-state index is 13.4. The van der Waals surface area contributed by atoms with Gasteiger partial charge in [0.25, 0.3) is 11.8 Å². The van der Waals surface area contributed by atoms with Gasteiger partial charge in [-0.25, -0.2) is 14.8 Å². The number of piperazine rings is 1. The third-order valence-electron chi connectivity index (χ3n) is 6.73. The molecule has 13 heteroatoms. The van der Waals surface area contributed by atoms with Gasteiger partial charge in [0.1, 0.15) is 17.0 Å². The van der Waals surface area contributed by atoms with Crippen molar-refractivity contribution >= 4 is 57.7 Å². The quantitative estimate of drug-likeness (QED) is 0.289. The fourth-order valence-electron chi connectivity index (χ4n) is 4.56. The second-order valence-electron chi connectivity index (χ2n) is 11.0. The highest BCUT2D eigenvalue weighted by molar-refractivity contribution is 6.42. The molecule has 3 heterocycles. The van der Waals surface area contributed by atoms with E-state index in [0.717, 1.165) is 10.9 Å². The van der Waals surface area contributed by atoms with Crippen molar-refractivity contribution in [2.24, 2.45) is 7.05 Å². The average Bonchev–Trinajstić information content (AvgIpc) is 3.29. The molecule has 2 aromatic heterocycles. The van der Waals surface area contributed by atoms with E-state index in [1.807, 2.05) is 44.5 Å². The van der Waals surface area contributed by atoms with E-state index in [2.05, 4.69) is 15.3 Å². The van der Waals surface area contributed by atoms with Gasteiger partial charge in [-0.2, -0.15) is 0 Å². The number of carbonyl (C=O) groups excluding carboxylic acids is 3. The molecule has 1 saturated heterocycles. The molecular formula is C30H30Cl2N6O5. The van der Waals surface area contributed by atoms with Crippen LogP contribution in [0.5, 0.6) is 11.8 Å². The summed E-state index contributed by atoms with van der Waals surface area (Å²) in [5.74, 6) is -0.0249. The number of amides is 3. The van der Waals surface area contributed by atoms with Crippen LogP contribution < -0.4 is 10.1 Å². The summed E-state index contributed by atoms with van der Waals surface area (Å²) in [5, 5.41) is 4.14. The Kier molecular flexibility index (Phi) is 8.48. The maximum atomic E-state index is 13.4. The molecule has 43 heavy (non-hydrogen) atoms. The molecule has 0 aliphatic carbocycles. The number of anilines is 1. The number of nitrogens with one attached hydrogen (secondary N) is 1.